The normalized spacial score (nSPS) is 16.6. The van der Waals surface area contributed by atoms with Crippen LogP contribution in [0.15, 0.2) is 66.7 Å². The number of benzene rings is 4. The van der Waals surface area contributed by atoms with Gasteiger partial charge in [0.25, 0.3) is 0 Å². The van der Waals surface area contributed by atoms with Crippen LogP contribution in [0.5, 0.6) is 0 Å². The van der Waals surface area contributed by atoms with Crippen LogP contribution in [-0.2, 0) is 34.5 Å². The maximum atomic E-state index is 2.62. The Kier molecular flexibility index (Phi) is 5.90. The van der Waals surface area contributed by atoms with Crippen molar-refractivity contribution in [3.8, 4) is 0 Å². The van der Waals surface area contributed by atoms with Gasteiger partial charge in [0.1, 0.15) is 0 Å². The van der Waals surface area contributed by atoms with Crippen molar-refractivity contribution in [1.29, 1.82) is 0 Å². The third kappa shape index (κ3) is 4.27. The molecule has 1 nitrogen and oxygen atoms in total. The topological polar surface area (TPSA) is 3.24 Å². The largest absolute Gasteiger partial charge is 0.311 e. The zero-order chi connectivity index (χ0) is 30.9. The summed E-state index contributed by atoms with van der Waals surface area (Å²) in [5.41, 5.74) is 18.8. The Balaban J connectivity index is 1.58. The molecule has 4 aromatic carbocycles. The molecule has 0 spiro atoms. The molecule has 220 valence electrons. The Morgan fingerprint density at radius 1 is 0.581 bits per heavy atom. The first kappa shape index (κ1) is 28.5. The highest BCUT2D eigenvalue weighted by Crippen LogP contribution is 2.45. The van der Waals surface area contributed by atoms with E-state index in [1.807, 2.05) is 0 Å². The van der Waals surface area contributed by atoms with Crippen LogP contribution in [0.25, 0.3) is 0 Å². The van der Waals surface area contributed by atoms with Crippen LogP contribution in [0.3, 0.4) is 0 Å². The van der Waals surface area contributed by atoms with E-state index < -0.39 is 0 Å². The van der Waals surface area contributed by atoms with Crippen molar-refractivity contribution in [3.63, 3.8) is 0 Å². The molecule has 0 saturated carbocycles. The second-order valence-corrected chi connectivity index (χ2v) is 17.1. The minimum Gasteiger partial charge on any atom is -0.311 e. The highest BCUT2D eigenvalue weighted by molar-refractivity contribution is 6.99. The molecule has 0 unspecified atom stereocenters. The van der Waals surface area contributed by atoms with Gasteiger partial charge in [0.15, 0.2) is 0 Å². The van der Waals surface area contributed by atoms with E-state index in [0.717, 1.165) is 0 Å². The molecule has 0 amide bonds. The van der Waals surface area contributed by atoms with Gasteiger partial charge in [0, 0.05) is 22.5 Å². The fourth-order valence-electron chi connectivity index (χ4n) is 7.73. The lowest BCUT2D eigenvalue weighted by atomic mass is 9.30. The van der Waals surface area contributed by atoms with Crippen LogP contribution in [0.1, 0.15) is 115 Å². The molecule has 0 saturated heterocycles. The summed E-state index contributed by atoms with van der Waals surface area (Å²) in [6.07, 6.45) is 2.43. The van der Waals surface area contributed by atoms with Gasteiger partial charge in [-0.1, -0.05) is 124 Å². The molecule has 0 bridgehead atoms. The van der Waals surface area contributed by atoms with Crippen molar-refractivity contribution >= 4 is 40.2 Å². The minimum atomic E-state index is -0.0554. The monoisotopic (exact) mass is 565 g/mol. The van der Waals surface area contributed by atoms with Crippen molar-refractivity contribution < 1.29 is 0 Å². The lowest BCUT2D eigenvalue weighted by Crippen LogP contribution is -2.64. The fourth-order valence-corrected chi connectivity index (χ4v) is 7.73. The van der Waals surface area contributed by atoms with Crippen LogP contribution in [0.4, 0.5) is 17.1 Å². The summed E-state index contributed by atoms with van der Waals surface area (Å²) in [6.45, 7) is 26.2. The Hall–Kier alpha value is -3.26. The van der Waals surface area contributed by atoms with E-state index in [1.54, 1.807) is 11.1 Å². The molecule has 2 heterocycles. The van der Waals surface area contributed by atoms with E-state index in [9.17, 15) is 0 Å². The number of nitrogens with zero attached hydrogens (tertiary/aromatic N) is 1. The van der Waals surface area contributed by atoms with Crippen LogP contribution in [0.2, 0.25) is 0 Å². The zero-order valence-corrected chi connectivity index (χ0v) is 28.3. The predicted octanol–water partition coefficient (Wildman–Crippen LogP) is 8.62. The molecule has 3 aliphatic rings. The number of hydrogen-bond acceptors (Lipinski definition) is 1. The van der Waals surface area contributed by atoms with Crippen LogP contribution in [-0.4, -0.2) is 6.71 Å². The Morgan fingerprint density at radius 2 is 1.19 bits per heavy atom. The zero-order valence-electron chi connectivity index (χ0n) is 28.3. The van der Waals surface area contributed by atoms with Gasteiger partial charge in [0.05, 0.1) is 0 Å². The van der Waals surface area contributed by atoms with Crippen molar-refractivity contribution in [1.82, 2.24) is 0 Å². The van der Waals surface area contributed by atoms with Crippen LogP contribution >= 0.6 is 0 Å². The third-order valence-corrected chi connectivity index (χ3v) is 10.7. The number of fused-ring (bicyclic) bond motifs is 5. The Labute approximate surface area is 260 Å². The molecular weight excluding hydrogens is 517 g/mol. The van der Waals surface area contributed by atoms with Crippen molar-refractivity contribution in [2.45, 2.75) is 111 Å². The summed E-state index contributed by atoms with van der Waals surface area (Å²) in [5, 5.41) is 0. The van der Waals surface area contributed by atoms with Gasteiger partial charge < -0.3 is 4.90 Å². The molecule has 2 aliphatic heterocycles. The average Bonchev–Trinajstić information content (AvgIpc) is 2.89. The summed E-state index contributed by atoms with van der Waals surface area (Å²) in [7, 11) is 0. The third-order valence-electron chi connectivity index (χ3n) is 10.7. The lowest BCUT2D eigenvalue weighted by molar-refractivity contribution is 0.569. The molecular formula is C41H48BN. The maximum Gasteiger partial charge on any atom is 0.247 e. The summed E-state index contributed by atoms with van der Waals surface area (Å²) in [6, 6.07) is 27.0. The molecule has 0 N–H and O–H groups in total. The second kappa shape index (κ2) is 8.90. The van der Waals surface area contributed by atoms with Crippen LogP contribution < -0.4 is 21.3 Å². The first-order valence-corrected chi connectivity index (χ1v) is 16.4. The molecule has 0 fully saturated rings. The predicted molar refractivity (Wildman–Crippen MR) is 188 cm³/mol. The van der Waals surface area contributed by atoms with Gasteiger partial charge in [-0.3, -0.25) is 0 Å². The first-order valence-electron chi connectivity index (χ1n) is 16.4. The highest BCUT2D eigenvalue weighted by atomic mass is 15.2. The number of rotatable bonds is 1. The van der Waals surface area contributed by atoms with E-state index in [1.165, 1.54) is 74.1 Å². The fraction of sp³-hybridized carbons (Fsp3) is 0.415. The van der Waals surface area contributed by atoms with Gasteiger partial charge in [-0.05, 0) is 103 Å². The maximum absolute atomic E-state index is 2.62. The first-order chi connectivity index (χ1) is 20.0. The number of anilines is 3. The smallest absolute Gasteiger partial charge is 0.247 e. The number of hydrogen-bond donors (Lipinski definition) is 0. The summed E-state index contributed by atoms with van der Waals surface area (Å²) in [4.78, 5) is 2.62. The highest BCUT2D eigenvalue weighted by Gasteiger charge is 2.47. The Morgan fingerprint density at radius 3 is 1.77 bits per heavy atom. The molecule has 0 radical (unpaired) electrons. The van der Waals surface area contributed by atoms with E-state index in [-0.39, 0.29) is 28.4 Å². The lowest BCUT2D eigenvalue weighted by Gasteiger charge is -2.46. The average molecular weight is 566 g/mol. The summed E-state index contributed by atoms with van der Waals surface area (Å²) in [5.74, 6) is 0. The Bertz CT molecular complexity index is 1770. The minimum absolute atomic E-state index is 0.0450. The van der Waals surface area contributed by atoms with Crippen molar-refractivity contribution in [3.05, 3.63) is 106 Å². The molecule has 7 rings (SSSR count). The summed E-state index contributed by atoms with van der Waals surface area (Å²) < 4.78 is 0. The molecule has 1 aliphatic carbocycles. The molecule has 43 heavy (non-hydrogen) atoms. The van der Waals surface area contributed by atoms with E-state index >= 15 is 0 Å². The molecule has 2 heteroatoms. The standard InChI is InChI=1S/C41H48BN/c1-38(2,3)27-17-18-33-36(24-27)43(30-22-28(39(4,5)6)21-29(23-30)40(7,8)9)35-14-12-13-31-37(35)42(33)34-20-26-16-15-25(26)19-32(34)41(31,10)11/h12-14,17-24H,15-16H2,1-11H3. The van der Waals surface area contributed by atoms with Gasteiger partial charge >= 0.3 is 0 Å². The van der Waals surface area contributed by atoms with Gasteiger partial charge in [0.2, 0.25) is 6.71 Å². The van der Waals surface area contributed by atoms with Gasteiger partial charge in [-0.15, -0.1) is 0 Å². The SMILES string of the molecule is CC(C)(C)c1cc(N2c3cc(C(C)(C)C)ccc3B3c4cc5c(cc4C(C)(C)c4cccc2c43)CC5)cc(C(C)(C)C)c1. The van der Waals surface area contributed by atoms with Gasteiger partial charge in [-0.25, -0.2) is 0 Å². The molecule has 0 atom stereocenters. The van der Waals surface area contributed by atoms with Crippen molar-refractivity contribution in [2.75, 3.05) is 4.90 Å². The quantitative estimate of drug-likeness (QED) is 0.184. The molecule has 0 aromatic heterocycles. The number of aryl methyl sites for hydroxylation is 2. The van der Waals surface area contributed by atoms with E-state index in [4.69, 9.17) is 0 Å². The summed E-state index contributed by atoms with van der Waals surface area (Å²) >= 11 is 0. The van der Waals surface area contributed by atoms with E-state index in [0.29, 0.717) is 0 Å². The van der Waals surface area contributed by atoms with Crippen molar-refractivity contribution in [2.24, 2.45) is 0 Å². The van der Waals surface area contributed by atoms with E-state index in [2.05, 4.69) is 148 Å². The van der Waals surface area contributed by atoms with Crippen LogP contribution in [0, 0.1) is 0 Å². The van der Waals surface area contributed by atoms with Gasteiger partial charge in [-0.2, -0.15) is 0 Å². The molecule has 4 aromatic rings. The second-order valence-electron chi connectivity index (χ2n) is 17.1.